The summed E-state index contributed by atoms with van der Waals surface area (Å²) >= 11 is 0. The molecule has 2 N–H and O–H groups in total. The van der Waals surface area contributed by atoms with Crippen LogP contribution < -0.4 is 16.3 Å². The molecule has 1 aromatic rings. The van der Waals surface area contributed by atoms with E-state index in [1.807, 2.05) is 4.98 Å². The minimum absolute atomic E-state index is 0.0239. The fraction of sp³-hybridized carbons (Fsp3) is 0.700. The van der Waals surface area contributed by atoms with E-state index in [4.69, 9.17) is 18.7 Å². The SMILES string of the molecule is CC1N[P+](=O)OC[C@H]2O[C@@H](n3ccc(=O)[nH]c3=O)[C@](C)(F)[C@@H]2OC(=O)CCCCCCOC1=O. The number of nitrogens with one attached hydrogen (secondary N) is 2. The minimum atomic E-state index is -2.59. The predicted octanol–water partition coefficient (Wildman–Crippen LogP) is 1.23. The Labute approximate surface area is 195 Å². The smallest absolute Gasteiger partial charge is 0.464 e. The summed E-state index contributed by atoms with van der Waals surface area (Å²) in [5.74, 6) is -1.26. The van der Waals surface area contributed by atoms with Gasteiger partial charge in [0.2, 0.25) is 0 Å². The fourth-order valence-corrected chi connectivity index (χ4v) is 4.53. The van der Waals surface area contributed by atoms with E-state index >= 15 is 4.39 Å². The molecular weight excluding hydrogens is 476 g/mol. The van der Waals surface area contributed by atoms with E-state index in [9.17, 15) is 23.7 Å². The number of rotatable bonds is 1. The third-order valence-corrected chi connectivity index (χ3v) is 6.55. The van der Waals surface area contributed by atoms with Crippen LogP contribution in [0.3, 0.4) is 0 Å². The number of carbonyl (C=O) groups is 2. The number of esters is 2. The number of cyclic esters (lactones) is 1. The summed E-state index contributed by atoms with van der Waals surface area (Å²) in [7, 11) is -2.59. The number of alkyl halides is 1. The molecule has 3 rings (SSSR count). The molecule has 2 unspecified atom stereocenters. The number of hydrogen-bond acceptors (Lipinski definition) is 9. The van der Waals surface area contributed by atoms with Gasteiger partial charge in [-0.05, 0) is 31.3 Å². The van der Waals surface area contributed by atoms with Gasteiger partial charge in [-0.2, -0.15) is 0 Å². The van der Waals surface area contributed by atoms with Crippen LogP contribution in [0.1, 0.15) is 52.2 Å². The van der Waals surface area contributed by atoms with E-state index in [0.717, 1.165) is 23.8 Å². The summed E-state index contributed by atoms with van der Waals surface area (Å²) in [6, 6.07) is 0.105. The highest BCUT2D eigenvalue weighted by Gasteiger charge is 2.58. The lowest BCUT2D eigenvalue weighted by atomic mass is 9.98. The van der Waals surface area contributed by atoms with Crippen molar-refractivity contribution in [2.24, 2.45) is 0 Å². The standard InChI is InChI=1S/C20H27FN3O9P/c1-12-17(27)30-10-6-4-3-5-7-15(26)33-16-13(11-31-34(29)23-12)32-18(20(16,2)21)24-9-8-14(25)22-19(24)28/h8-9,12-13,16,18H,3-7,10-11H2,1-2H3,(H-,22,23,25,28,29)/p+1/t12?,13-,16-,18-,20-/m1/s1. The molecule has 12 nitrogen and oxygen atoms in total. The van der Waals surface area contributed by atoms with Crippen LogP contribution in [0, 0.1) is 0 Å². The average Bonchev–Trinajstić information content (AvgIpc) is 3.00. The van der Waals surface area contributed by atoms with Crippen molar-refractivity contribution in [3.63, 3.8) is 0 Å². The molecule has 2 aliphatic rings. The summed E-state index contributed by atoms with van der Waals surface area (Å²) in [5.41, 5.74) is -3.99. The highest BCUT2D eigenvalue weighted by molar-refractivity contribution is 7.36. The van der Waals surface area contributed by atoms with Gasteiger partial charge in [0, 0.05) is 18.7 Å². The summed E-state index contributed by atoms with van der Waals surface area (Å²) in [6.45, 7) is 2.28. The fourth-order valence-electron chi connectivity index (χ4n) is 3.75. The first-order chi connectivity index (χ1) is 16.1. The molecule has 0 radical (unpaired) electrons. The van der Waals surface area contributed by atoms with E-state index in [-0.39, 0.29) is 13.0 Å². The molecule has 0 aliphatic carbocycles. The number of ether oxygens (including phenoxy) is 3. The zero-order chi connectivity index (χ0) is 24.9. The number of H-pyrrole nitrogens is 1. The van der Waals surface area contributed by atoms with E-state index in [1.54, 1.807) is 0 Å². The van der Waals surface area contributed by atoms with Crippen LogP contribution in [0.5, 0.6) is 0 Å². The Morgan fingerprint density at radius 2 is 1.91 bits per heavy atom. The summed E-state index contributed by atoms with van der Waals surface area (Å²) < 4.78 is 50.5. The van der Waals surface area contributed by atoms with E-state index in [1.165, 1.54) is 6.92 Å². The second-order valence-corrected chi connectivity index (χ2v) is 9.37. The predicted molar refractivity (Wildman–Crippen MR) is 115 cm³/mol. The largest absolute Gasteiger partial charge is 0.613 e. The summed E-state index contributed by atoms with van der Waals surface area (Å²) in [6.07, 6.45) is -0.755. The lowest BCUT2D eigenvalue weighted by Gasteiger charge is -2.27. The second kappa shape index (κ2) is 11.3. The zero-order valence-electron chi connectivity index (χ0n) is 18.9. The number of halogens is 1. The number of nitrogens with zero attached hydrogens (tertiary/aromatic N) is 1. The van der Waals surface area contributed by atoms with E-state index in [2.05, 4.69) is 5.09 Å². The molecular formula is C20H28FN3O9P+. The Morgan fingerprint density at radius 3 is 2.65 bits per heavy atom. The van der Waals surface area contributed by atoms with Gasteiger partial charge in [0.15, 0.2) is 18.0 Å². The van der Waals surface area contributed by atoms with Crippen LogP contribution >= 0.6 is 8.18 Å². The Balaban J connectivity index is 1.83. The molecule has 3 heterocycles. The van der Waals surface area contributed by atoms with Gasteiger partial charge in [0.05, 0.1) is 6.61 Å². The van der Waals surface area contributed by atoms with Crippen molar-refractivity contribution in [2.75, 3.05) is 13.2 Å². The topological polar surface area (TPSA) is 155 Å². The lowest BCUT2D eigenvalue weighted by Crippen LogP contribution is -2.46. The van der Waals surface area contributed by atoms with Gasteiger partial charge < -0.3 is 14.2 Å². The molecule has 6 atom stereocenters. The van der Waals surface area contributed by atoms with Crippen LogP contribution in [0.4, 0.5) is 4.39 Å². The van der Waals surface area contributed by atoms with Gasteiger partial charge in [-0.3, -0.25) is 23.9 Å². The molecule has 14 heteroatoms. The molecule has 2 saturated heterocycles. The maximum absolute atomic E-state index is 15.9. The molecule has 0 saturated carbocycles. The van der Waals surface area contributed by atoms with Crippen molar-refractivity contribution in [1.29, 1.82) is 0 Å². The number of aromatic amines is 1. The maximum Gasteiger partial charge on any atom is 0.613 e. The summed E-state index contributed by atoms with van der Waals surface area (Å²) in [5, 5.41) is 2.45. The van der Waals surface area contributed by atoms with Gasteiger partial charge in [0.1, 0.15) is 18.8 Å². The molecule has 188 valence electrons. The number of fused-ring (bicyclic) bond motifs is 1. The minimum Gasteiger partial charge on any atom is -0.464 e. The third-order valence-electron chi connectivity index (χ3n) is 5.57. The lowest BCUT2D eigenvalue weighted by molar-refractivity contribution is -0.158. The molecule has 0 amide bonds. The first-order valence-electron chi connectivity index (χ1n) is 11.0. The molecule has 34 heavy (non-hydrogen) atoms. The van der Waals surface area contributed by atoms with E-state index in [0.29, 0.717) is 25.7 Å². The Kier molecular flexibility index (Phi) is 8.69. The molecule has 0 spiro atoms. The first kappa shape index (κ1) is 26.1. The Hall–Kier alpha value is -2.47. The van der Waals surface area contributed by atoms with Crippen LogP contribution in [-0.2, 0) is 32.9 Å². The Bertz CT molecular complexity index is 1030. The number of hydrogen-bond donors (Lipinski definition) is 2. The van der Waals surface area contributed by atoms with Crippen molar-refractivity contribution in [3.05, 3.63) is 33.1 Å². The van der Waals surface area contributed by atoms with Gasteiger partial charge in [-0.25, -0.2) is 9.18 Å². The highest BCUT2D eigenvalue weighted by Crippen LogP contribution is 2.43. The van der Waals surface area contributed by atoms with Crippen LogP contribution in [0.2, 0.25) is 0 Å². The highest BCUT2D eigenvalue weighted by atomic mass is 31.1. The van der Waals surface area contributed by atoms with Crippen LogP contribution in [-0.4, -0.2) is 58.6 Å². The Morgan fingerprint density at radius 1 is 1.18 bits per heavy atom. The third kappa shape index (κ3) is 6.35. The van der Waals surface area contributed by atoms with E-state index < -0.39 is 68.1 Å². The van der Waals surface area contributed by atoms with Gasteiger partial charge in [-0.15, -0.1) is 4.52 Å². The van der Waals surface area contributed by atoms with Gasteiger partial charge in [0.25, 0.3) is 5.56 Å². The van der Waals surface area contributed by atoms with Crippen LogP contribution in [0.15, 0.2) is 21.9 Å². The maximum atomic E-state index is 15.9. The van der Waals surface area contributed by atoms with Crippen molar-refractivity contribution in [1.82, 2.24) is 14.6 Å². The van der Waals surface area contributed by atoms with Crippen molar-refractivity contribution in [3.8, 4) is 0 Å². The number of aromatic nitrogens is 2. The average molecular weight is 504 g/mol. The molecule has 2 fully saturated rings. The van der Waals surface area contributed by atoms with Gasteiger partial charge >= 0.3 is 25.8 Å². The van der Waals surface area contributed by atoms with Crippen LogP contribution in [0.25, 0.3) is 0 Å². The molecule has 1 aromatic heterocycles. The summed E-state index contributed by atoms with van der Waals surface area (Å²) in [4.78, 5) is 50.1. The second-order valence-electron chi connectivity index (χ2n) is 8.34. The zero-order valence-corrected chi connectivity index (χ0v) is 19.8. The first-order valence-corrected chi connectivity index (χ1v) is 12.2. The van der Waals surface area contributed by atoms with Crippen molar-refractivity contribution in [2.45, 2.75) is 76.1 Å². The normalized spacial score (nSPS) is 33.4. The molecule has 2 aliphatic heterocycles. The molecule has 0 aromatic carbocycles. The monoisotopic (exact) mass is 504 g/mol. The number of carbonyl (C=O) groups excluding carboxylic acids is 2. The van der Waals surface area contributed by atoms with Crippen molar-refractivity contribution < 1.29 is 37.3 Å². The molecule has 0 bridgehead atoms. The van der Waals surface area contributed by atoms with Crippen molar-refractivity contribution >= 4 is 20.1 Å². The van der Waals surface area contributed by atoms with Gasteiger partial charge in [-0.1, -0.05) is 17.9 Å². The quantitative estimate of drug-likeness (QED) is 0.421.